The van der Waals surface area contributed by atoms with Crippen molar-refractivity contribution >= 4 is 77.9 Å². The third-order valence-corrected chi connectivity index (χ3v) is 13.1. The van der Waals surface area contributed by atoms with E-state index in [0.29, 0.717) is 5.71 Å². The molecule has 5 aromatic heterocycles. The molecule has 57 heavy (non-hydrogen) atoms. The Kier molecular flexibility index (Phi) is 9.88. The van der Waals surface area contributed by atoms with Crippen LogP contribution in [0.4, 0.5) is 0 Å². The molecule has 10 aromatic rings. The van der Waals surface area contributed by atoms with Crippen LogP contribution in [0.3, 0.4) is 0 Å². The van der Waals surface area contributed by atoms with Crippen LogP contribution in [0, 0.1) is 25.0 Å². The second-order valence-corrected chi connectivity index (χ2v) is 21.6. The van der Waals surface area contributed by atoms with Crippen LogP contribution >= 0.6 is 11.3 Å². The van der Waals surface area contributed by atoms with Crippen LogP contribution in [0.25, 0.3) is 81.6 Å². The molecule has 0 bridgehead atoms. The first-order valence-corrected chi connectivity index (χ1v) is 23.3. The van der Waals surface area contributed by atoms with Gasteiger partial charge in [0.15, 0.2) is 0 Å². The molecule has 1 radical (unpaired) electrons. The van der Waals surface area contributed by atoms with Crippen LogP contribution in [0.15, 0.2) is 132 Å². The van der Waals surface area contributed by atoms with E-state index in [0.717, 1.165) is 72.2 Å². The monoisotopic (exact) mass is 957 g/mol. The number of benzene rings is 5. The molecule has 5 heterocycles. The van der Waals surface area contributed by atoms with Crippen molar-refractivity contribution in [2.75, 3.05) is 0 Å². The van der Waals surface area contributed by atoms with Gasteiger partial charge in [0.05, 0.1) is 30.5 Å². The van der Waals surface area contributed by atoms with E-state index in [4.69, 9.17) is 12.1 Å². The number of pyridine rings is 2. The molecule has 0 saturated carbocycles. The minimum Gasteiger partial charge on any atom is -0.486 e. The minimum atomic E-state index is -1.67. The number of thiophene rings is 1. The van der Waals surface area contributed by atoms with Gasteiger partial charge >= 0.3 is 0 Å². The van der Waals surface area contributed by atoms with Gasteiger partial charge in [0, 0.05) is 66.0 Å². The maximum Gasteiger partial charge on any atom is 0.216 e. The summed E-state index contributed by atoms with van der Waals surface area (Å²) < 4.78 is 28.2. The summed E-state index contributed by atoms with van der Waals surface area (Å²) in [5, 5.41) is 5.65. The van der Waals surface area contributed by atoms with Crippen LogP contribution in [-0.4, -0.2) is 27.6 Å². The Morgan fingerprint density at radius 3 is 2.39 bits per heavy atom. The Morgan fingerprint density at radius 2 is 1.58 bits per heavy atom. The number of aromatic nitrogens is 4. The molecule has 10 rings (SSSR count). The average molecular weight is 957 g/mol. The number of para-hydroxylation sites is 2. The van der Waals surface area contributed by atoms with Crippen molar-refractivity contribution in [3.05, 3.63) is 151 Å². The van der Waals surface area contributed by atoms with Gasteiger partial charge in [-0.3, -0.25) is 4.98 Å². The zero-order chi connectivity index (χ0) is 40.3. The Hall–Kier alpha value is -5.24. The predicted molar refractivity (Wildman–Crippen MR) is 238 cm³/mol. The van der Waals surface area contributed by atoms with E-state index in [9.17, 15) is 0 Å². The zero-order valence-corrected chi connectivity index (χ0v) is 36.9. The van der Waals surface area contributed by atoms with Crippen LogP contribution in [-0.2, 0) is 26.5 Å². The summed E-state index contributed by atoms with van der Waals surface area (Å²) in [6.07, 6.45) is 0.528. The number of furan rings is 1. The van der Waals surface area contributed by atoms with Crippen molar-refractivity contribution in [2.45, 2.75) is 46.8 Å². The first kappa shape index (κ1) is 36.1. The normalized spacial score (nSPS) is 12.5. The average Bonchev–Trinajstić information content (AvgIpc) is 3.91. The first-order valence-electron chi connectivity index (χ1n) is 20.0. The van der Waals surface area contributed by atoms with Crippen LogP contribution in [0.1, 0.15) is 27.8 Å². The van der Waals surface area contributed by atoms with E-state index >= 15 is 0 Å². The van der Waals surface area contributed by atoms with E-state index in [2.05, 4.69) is 113 Å². The smallest absolute Gasteiger partial charge is 0.216 e. The third kappa shape index (κ3) is 7.39. The predicted octanol–water partition coefficient (Wildman–Crippen LogP) is 12.8. The number of hydrogen-bond donors (Lipinski definition) is 0. The number of rotatable bonds is 6. The fourth-order valence-electron chi connectivity index (χ4n) is 7.37. The van der Waals surface area contributed by atoms with E-state index in [1.54, 1.807) is 0 Å². The van der Waals surface area contributed by atoms with Crippen molar-refractivity contribution in [1.29, 1.82) is 0 Å². The number of hydrogen-bond acceptors (Lipinski definition) is 5. The van der Waals surface area contributed by atoms with Crippen molar-refractivity contribution in [1.82, 2.24) is 19.5 Å². The molecule has 5 nitrogen and oxygen atoms in total. The van der Waals surface area contributed by atoms with Gasteiger partial charge in [-0.25, -0.2) is 4.98 Å². The molecular weight excluding hydrogens is 913 g/mol. The molecule has 0 aliphatic carbocycles. The van der Waals surface area contributed by atoms with Gasteiger partial charge in [-0.05, 0) is 78.6 Å². The number of fused-ring (bicyclic) bond motifs is 7. The number of imidazole rings is 1. The summed E-state index contributed by atoms with van der Waals surface area (Å²) in [4.78, 5) is 14.3. The second-order valence-electron chi connectivity index (χ2n) is 15.5. The third-order valence-electron chi connectivity index (χ3n) is 9.98. The van der Waals surface area contributed by atoms with Gasteiger partial charge in [-0.2, -0.15) is 0 Å². The molecule has 0 saturated heterocycles. The van der Waals surface area contributed by atoms with Crippen molar-refractivity contribution < 1.29 is 27.3 Å². The largest absolute Gasteiger partial charge is 0.486 e. The quantitative estimate of drug-likeness (QED) is 0.123. The molecule has 0 aliphatic heterocycles. The van der Waals surface area contributed by atoms with Gasteiger partial charge in [0.2, 0.25) is 5.71 Å². The van der Waals surface area contributed by atoms with E-state index in [1.165, 1.54) is 20.2 Å². The van der Waals surface area contributed by atoms with E-state index < -0.39 is 14.4 Å². The van der Waals surface area contributed by atoms with Crippen molar-refractivity contribution in [3.8, 4) is 28.3 Å². The zero-order valence-electron chi connectivity index (χ0n) is 34.6. The molecule has 0 fully saturated rings. The Labute approximate surface area is 354 Å². The Balaban J connectivity index is 0.000000183. The Morgan fingerprint density at radius 1 is 0.789 bits per heavy atom. The molecule has 0 aliphatic rings. The SMILES string of the molecule is Cc1ccc2c(n1)oc1c(-c3nc4ccccc4n3-c3ccc4sc5ccccc5c4c3)[c-]ccc12.[2H]C([2H])(c1cc(-c2[c-]cccc2)ncc1[Si](C)(C)C)C(C)C.[Ir]. The van der Waals surface area contributed by atoms with Crippen LogP contribution in [0.2, 0.25) is 19.6 Å². The fraction of sp³-hybridized carbons (Fsp3) is 0.163. The van der Waals surface area contributed by atoms with Gasteiger partial charge < -0.3 is 14.0 Å². The van der Waals surface area contributed by atoms with E-state index in [-0.39, 0.29) is 26.0 Å². The summed E-state index contributed by atoms with van der Waals surface area (Å²) in [7, 11) is -1.67. The molecule has 0 atom stereocenters. The molecular formula is C49H42IrN4OSSi-2. The first-order chi connectivity index (χ1) is 27.9. The van der Waals surface area contributed by atoms with E-state index in [1.807, 2.05) is 92.9 Å². The van der Waals surface area contributed by atoms with Crippen molar-refractivity contribution in [3.63, 3.8) is 0 Å². The maximum atomic E-state index is 8.55. The second kappa shape index (κ2) is 15.6. The van der Waals surface area contributed by atoms with Gasteiger partial charge in [0.25, 0.3) is 0 Å². The summed E-state index contributed by atoms with van der Waals surface area (Å²) in [5.74, 6) is 0.717. The molecule has 285 valence electrons. The number of nitrogens with zero attached hydrogens (tertiary/aromatic N) is 4. The maximum absolute atomic E-state index is 8.55. The van der Waals surface area contributed by atoms with Crippen LogP contribution < -0.4 is 5.19 Å². The fourth-order valence-corrected chi connectivity index (χ4v) is 9.86. The molecule has 0 amide bonds. The van der Waals surface area contributed by atoms with Crippen molar-refractivity contribution in [2.24, 2.45) is 5.92 Å². The standard InChI is InChI=1S/C31H18N3OS.C18H24NSi.Ir/c1-18-13-15-22-21-8-6-9-23(29(21)35-31(22)32-18)30-33-25-10-3-4-11-26(25)34(30)19-14-16-28-24(17-19)20-7-2-5-12-27(20)36-28;1-14(2)11-16-12-17(15-9-7-6-8-10-15)19-13-18(16)20(3,4)5;/h2-8,10-17H,1H3;6-9,12-14H,11H2,1-5H3;/q2*-1;/i;11D2;. The Bertz CT molecular complexity index is 3150. The molecule has 0 unspecified atom stereocenters. The summed E-state index contributed by atoms with van der Waals surface area (Å²) >= 11 is 1.82. The van der Waals surface area contributed by atoms with Gasteiger partial charge in [-0.1, -0.05) is 86.4 Å². The van der Waals surface area contributed by atoms with Gasteiger partial charge in [0.1, 0.15) is 0 Å². The summed E-state index contributed by atoms with van der Waals surface area (Å²) in [6, 6.07) is 47.8. The minimum absolute atomic E-state index is 0. The molecule has 0 spiro atoms. The molecule has 8 heteroatoms. The molecule has 0 N–H and O–H groups in total. The number of aryl methyl sites for hydroxylation is 1. The molecule has 5 aromatic carbocycles. The van der Waals surface area contributed by atoms with Gasteiger partial charge in [-0.15, -0.1) is 65.4 Å². The topological polar surface area (TPSA) is 56.7 Å². The summed E-state index contributed by atoms with van der Waals surface area (Å²) in [6.45, 7) is 12.5. The van der Waals surface area contributed by atoms with Crippen LogP contribution in [0.5, 0.6) is 0 Å². The summed E-state index contributed by atoms with van der Waals surface area (Å²) in [5.41, 5.74) is 8.68.